The summed E-state index contributed by atoms with van der Waals surface area (Å²) in [5.41, 5.74) is 3.19. The molecule has 1 saturated heterocycles. The number of aryl methyl sites for hydroxylation is 3. The quantitative estimate of drug-likeness (QED) is 0.0737. The molecule has 1 heterocycles. The number of hydrogen-bond donors (Lipinski definition) is 0. The molecule has 0 aliphatic carbocycles. The number of esters is 1. The Balaban J connectivity index is 1.44. The Morgan fingerprint density at radius 1 is 0.981 bits per heavy atom. The standard InChI is InChI=1S/C40H46FN3O8S/c1-28-23-34(51-22-19-42-17-20-50-21-18-42)24-29(2)39(28)32-10-8-9-30(25-32)27-43(53(48,49)37-12-7-6-11-36(37)44(46)47)33-15-13-31(35(41)26-33)14-16-38(45)52-40(3,4)5/h6-13,15,23-26H,14,16-22,27H2,1-5H3. The molecule has 0 unspecified atom stereocenters. The molecule has 1 fully saturated rings. The summed E-state index contributed by atoms with van der Waals surface area (Å²) in [5.74, 6) is -0.453. The molecule has 4 aromatic rings. The molecule has 5 rings (SSSR count). The maximum absolute atomic E-state index is 15.6. The average Bonchev–Trinajstić information content (AvgIpc) is 3.09. The number of anilines is 1. The molecule has 0 bridgehead atoms. The average molecular weight is 748 g/mol. The Morgan fingerprint density at radius 3 is 2.34 bits per heavy atom. The van der Waals surface area contributed by atoms with E-state index >= 15 is 4.39 Å². The maximum atomic E-state index is 15.6. The van der Waals surface area contributed by atoms with Crippen LogP contribution in [0.15, 0.2) is 83.8 Å². The number of benzene rings is 4. The number of ether oxygens (including phenoxy) is 3. The molecule has 1 aliphatic heterocycles. The van der Waals surface area contributed by atoms with Crippen molar-refractivity contribution in [1.29, 1.82) is 0 Å². The Bertz CT molecular complexity index is 2040. The fourth-order valence-electron chi connectivity index (χ4n) is 6.35. The number of nitro groups is 1. The lowest BCUT2D eigenvalue weighted by molar-refractivity contribution is -0.387. The number of hydrogen-bond acceptors (Lipinski definition) is 9. The highest BCUT2D eigenvalue weighted by atomic mass is 32.2. The molecular formula is C40H46FN3O8S. The second-order valence-electron chi connectivity index (χ2n) is 14.0. The van der Waals surface area contributed by atoms with E-state index in [4.69, 9.17) is 14.2 Å². The first kappa shape index (κ1) is 39.4. The molecule has 53 heavy (non-hydrogen) atoms. The topological polar surface area (TPSA) is 129 Å². The van der Waals surface area contributed by atoms with E-state index in [0.717, 1.165) is 77.3 Å². The minimum Gasteiger partial charge on any atom is -0.492 e. The highest BCUT2D eigenvalue weighted by molar-refractivity contribution is 7.93. The maximum Gasteiger partial charge on any atom is 0.306 e. The Labute approximate surface area is 310 Å². The van der Waals surface area contributed by atoms with Gasteiger partial charge in [-0.25, -0.2) is 12.8 Å². The molecular weight excluding hydrogens is 702 g/mol. The van der Waals surface area contributed by atoms with Crippen LogP contribution >= 0.6 is 0 Å². The van der Waals surface area contributed by atoms with Crippen molar-refractivity contribution in [3.63, 3.8) is 0 Å². The van der Waals surface area contributed by atoms with Crippen LogP contribution in [-0.2, 0) is 37.3 Å². The number of carbonyl (C=O) groups excluding carboxylic acids is 1. The summed E-state index contributed by atoms with van der Waals surface area (Å²) in [6, 6.07) is 20.3. The largest absolute Gasteiger partial charge is 0.492 e. The van der Waals surface area contributed by atoms with Gasteiger partial charge in [-0.15, -0.1) is 0 Å². The number of para-hydroxylation sites is 1. The molecule has 0 radical (unpaired) electrons. The first-order valence-electron chi connectivity index (χ1n) is 17.5. The van der Waals surface area contributed by atoms with Crippen LogP contribution in [0, 0.1) is 29.8 Å². The molecule has 0 atom stereocenters. The van der Waals surface area contributed by atoms with E-state index in [2.05, 4.69) is 4.90 Å². The number of carbonyl (C=O) groups is 1. The third-order valence-corrected chi connectivity index (χ3v) is 10.6. The summed E-state index contributed by atoms with van der Waals surface area (Å²) in [5, 5.41) is 11.9. The summed E-state index contributed by atoms with van der Waals surface area (Å²) in [6.07, 6.45) is -0.0324. The van der Waals surface area contributed by atoms with E-state index in [-0.39, 0.29) is 30.6 Å². The van der Waals surface area contributed by atoms with Crippen molar-refractivity contribution in [3.05, 3.63) is 117 Å². The van der Waals surface area contributed by atoms with Crippen molar-refractivity contribution in [3.8, 4) is 16.9 Å². The van der Waals surface area contributed by atoms with Gasteiger partial charge in [0.1, 0.15) is 23.8 Å². The molecule has 0 amide bonds. The fourth-order valence-corrected chi connectivity index (χ4v) is 7.96. The summed E-state index contributed by atoms with van der Waals surface area (Å²) in [6.45, 7) is 13.5. The van der Waals surface area contributed by atoms with Gasteiger partial charge in [0.05, 0.1) is 30.4 Å². The molecule has 0 aromatic heterocycles. The zero-order chi connectivity index (χ0) is 38.3. The van der Waals surface area contributed by atoms with Crippen LogP contribution in [0.1, 0.15) is 49.4 Å². The van der Waals surface area contributed by atoms with Gasteiger partial charge in [0.2, 0.25) is 0 Å². The first-order valence-corrected chi connectivity index (χ1v) is 19.0. The van der Waals surface area contributed by atoms with Crippen LogP contribution in [0.5, 0.6) is 5.75 Å². The molecule has 282 valence electrons. The van der Waals surface area contributed by atoms with E-state index < -0.39 is 42.9 Å². The van der Waals surface area contributed by atoms with Crippen molar-refractivity contribution in [2.45, 2.75) is 64.5 Å². The second-order valence-corrected chi connectivity index (χ2v) is 15.9. The molecule has 0 saturated carbocycles. The van der Waals surface area contributed by atoms with Gasteiger partial charge in [0.15, 0.2) is 4.90 Å². The lowest BCUT2D eigenvalue weighted by Crippen LogP contribution is -2.38. The van der Waals surface area contributed by atoms with Gasteiger partial charge < -0.3 is 14.2 Å². The number of nitrogens with zero attached hydrogens (tertiary/aromatic N) is 3. The Hall–Kier alpha value is -4.85. The first-order chi connectivity index (χ1) is 25.1. The van der Waals surface area contributed by atoms with Gasteiger partial charge in [-0.05, 0) is 111 Å². The van der Waals surface area contributed by atoms with Crippen molar-refractivity contribution in [2.24, 2.45) is 0 Å². The van der Waals surface area contributed by atoms with Crippen LogP contribution in [0.4, 0.5) is 15.8 Å². The number of morpholine rings is 1. The smallest absolute Gasteiger partial charge is 0.306 e. The van der Waals surface area contributed by atoms with Gasteiger partial charge in [0, 0.05) is 32.1 Å². The highest BCUT2D eigenvalue weighted by Crippen LogP contribution is 2.35. The van der Waals surface area contributed by atoms with Crippen molar-refractivity contribution in [1.82, 2.24) is 4.90 Å². The van der Waals surface area contributed by atoms with Gasteiger partial charge in [0.25, 0.3) is 15.7 Å². The van der Waals surface area contributed by atoms with Crippen LogP contribution in [-0.4, -0.2) is 69.3 Å². The van der Waals surface area contributed by atoms with Crippen LogP contribution in [0.2, 0.25) is 0 Å². The number of sulfonamides is 1. The van der Waals surface area contributed by atoms with Crippen molar-refractivity contribution in [2.75, 3.05) is 43.8 Å². The zero-order valence-electron chi connectivity index (χ0n) is 30.8. The predicted molar refractivity (Wildman–Crippen MR) is 201 cm³/mol. The lowest BCUT2D eigenvalue weighted by atomic mass is 9.94. The molecule has 0 N–H and O–H groups in total. The van der Waals surface area contributed by atoms with Crippen LogP contribution in [0.3, 0.4) is 0 Å². The summed E-state index contributed by atoms with van der Waals surface area (Å²) in [4.78, 5) is 25.2. The number of rotatable bonds is 14. The molecule has 13 heteroatoms. The predicted octanol–water partition coefficient (Wildman–Crippen LogP) is 7.40. The van der Waals surface area contributed by atoms with Crippen molar-refractivity contribution >= 4 is 27.4 Å². The minimum atomic E-state index is -4.60. The Morgan fingerprint density at radius 2 is 1.68 bits per heavy atom. The van der Waals surface area contributed by atoms with Gasteiger partial charge in [-0.2, -0.15) is 0 Å². The van der Waals surface area contributed by atoms with E-state index in [1.54, 1.807) is 26.8 Å². The van der Waals surface area contributed by atoms with Crippen molar-refractivity contribution < 1.29 is 36.7 Å². The third-order valence-electron chi connectivity index (χ3n) is 8.80. The van der Waals surface area contributed by atoms with E-state index in [1.807, 2.05) is 44.2 Å². The molecule has 0 spiro atoms. The second kappa shape index (κ2) is 16.9. The van der Waals surface area contributed by atoms with E-state index in [1.165, 1.54) is 30.3 Å². The third kappa shape index (κ3) is 10.2. The summed E-state index contributed by atoms with van der Waals surface area (Å²) >= 11 is 0. The molecule has 11 nitrogen and oxygen atoms in total. The minimum absolute atomic E-state index is 0.0296. The molecule has 4 aromatic carbocycles. The Kier molecular flexibility index (Phi) is 12.5. The van der Waals surface area contributed by atoms with Gasteiger partial charge in [-0.3, -0.25) is 24.1 Å². The fraction of sp³-hybridized carbons (Fsp3) is 0.375. The summed E-state index contributed by atoms with van der Waals surface area (Å²) < 4.78 is 62.1. The summed E-state index contributed by atoms with van der Waals surface area (Å²) in [7, 11) is -4.60. The van der Waals surface area contributed by atoms with Crippen LogP contribution in [0.25, 0.3) is 11.1 Å². The number of nitro benzene ring substituents is 1. The molecule has 1 aliphatic rings. The normalized spacial score (nSPS) is 13.8. The van der Waals surface area contributed by atoms with Gasteiger partial charge in [-0.1, -0.05) is 36.4 Å². The number of halogens is 1. The SMILES string of the molecule is Cc1cc(OCCN2CCOCC2)cc(C)c1-c1cccc(CN(c2ccc(CCC(=O)OC(C)(C)C)c(F)c2)S(=O)(=O)c2ccccc2[N+](=O)[O-])c1. The van der Waals surface area contributed by atoms with E-state index in [9.17, 15) is 23.3 Å². The van der Waals surface area contributed by atoms with Crippen LogP contribution < -0.4 is 9.04 Å². The van der Waals surface area contributed by atoms with E-state index in [0.29, 0.717) is 12.2 Å². The highest BCUT2D eigenvalue weighted by Gasteiger charge is 2.32. The monoisotopic (exact) mass is 747 g/mol. The lowest BCUT2D eigenvalue weighted by Gasteiger charge is -2.26. The zero-order valence-corrected chi connectivity index (χ0v) is 31.6. The van der Waals surface area contributed by atoms with Gasteiger partial charge >= 0.3 is 5.97 Å².